The molecule has 0 unspecified atom stereocenters. The molecule has 1 aliphatic rings. The second kappa shape index (κ2) is 9.52. The molecule has 1 amide bonds. The Morgan fingerprint density at radius 3 is 2.31 bits per heavy atom. The molecular weight excluding hydrogens is 447 g/mol. The molecule has 1 aromatic heterocycles. The summed E-state index contributed by atoms with van der Waals surface area (Å²) in [6.45, 7) is 2.51. The third-order valence-corrected chi connectivity index (χ3v) is 8.65. The summed E-state index contributed by atoms with van der Waals surface area (Å²) in [5.41, 5.74) is 1.81. The third-order valence-electron chi connectivity index (χ3n) is 5.80. The van der Waals surface area contributed by atoms with Gasteiger partial charge in [-0.05, 0) is 61.0 Å². The van der Waals surface area contributed by atoms with Crippen LogP contribution in [0.25, 0.3) is 0 Å². The number of aryl methyl sites for hydroxylation is 1. The van der Waals surface area contributed by atoms with Crippen molar-refractivity contribution in [1.82, 2.24) is 9.62 Å². The molecule has 1 atom stereocenters. The summed E-state index contributed by atoms with van der Waals surface area (Å²) in [7, 11) is -3.57. The van der Waals surface area contributed by atoms with E-state index in [-0.39, 0.29) is 28.6 Å². The van der Waals surface area contributed by atoms with Gasteiger partial charge in [0.1, 0.15) is 5.82 Å². The Balaban J connectivity index is 1.43. The number of carbonyl (C=O) groups is 1. The lowest BCUT2D eigenvalue weighted by Crippen LogP contribution is -2.43. The molecule has 5 nitrogen and oxygen atoms in total. The maximum Gasteiger partial charge on any atom is 0.243 e. The maximum atomic E-state index is 13.4. The van der Waals surface area contributed by atoms with E-state index in [1.54, 1.807) is 36.4 Å². The lowest BCUT2D eigenvalue weighted by molar-refractivity contribution is -0.126. The number of piperidine rings is 1. The standard InChI is InChI=1S/C24H25FN2O3S2/c1-17-4-10-21(11-5-17)32(29,30)27-14-12-19(13-15-27)24(28)26-23(22-3-2-16-31-22)18-6-8-20(25)9-7-18/h2-11,16,19,23H,12-15H2,1H3,(H,26,28)/t23-/m0/s1. The van der Waals surface area contributed by atoms with E-state index >= 15 is 0 Å². The minimum Gasteiger partial charge on any atom is -0.344 e. The zero-order valence-corrected chi connectivity index (χ0v) is 19.3. The van der Waals surface area contributed by atoms with Crippen LogP contribution in [-0.2, 0) is 14.8 Å². The van der Waals surface area contributed by atoms with Gasteiger partial charge in [0.15, 0.2) is 0 Å². The van der Waals surface area contributed by atoms with Crippen LogP contribution in [0.1, 0.15) is 34.9 Å². The highest BCUT2D eigenvalue weighted by molar-refractivity contribution is 7.89. The van der Waals surface area contributed by atoms with Gasteiger partial charge >= 0.3 is 0 Å². The van der Waals surface area contributed by atoms with Crippen molar-refractivity contribution >= 4 is 27.3 Å². The molecule has 0 radical (unpaired) electrons. The first-order valence-electron chi connectivity index (χ1n) is 10.5. The average Bonchev–Trinajstić information content (AvgIpc) is 3.33. The zero-order valence-electron chi connectivity index (χ0n) is 17.7. The van der Waals surface area contributed by atoms with Crippen LogP contribution in [0.3, 0.4) is 0 Å². The number of thiophene rings is 1. The Morgan fingerprint density at radius 1 is 1.06 bits per heavy atom. The SMILES string of the molecule is Cc1ccc(S(=O)(=O)N2CCC(C(=O)N[C@@H](c3ccc(F)cc3)c3cccs3)CC2)cc1. The van der Waals surface area contributed by atoms with Gasteiger partial charge in [0.05, 0.1) is 10.9 Å². The van der Waals surface area contributed by atoms with Crippen molar-refractivity contribution in [3.8, 4) is 0 Å². The highest BCUT2D eigenvalue weighted by Crippen LogP contribution is 2.29. The number of hydrogen-bond acceptors (Lipinski definition) is 4. The van der Waals surface area contributed by atoms with Gasteiger partial charge in [-0.1, -0.05) is 35.9 Å². The number of hydrogen-bond donors (Lipinski definition) is 1. The molecule has 0 spiro atoms. The van der Waals surface area contributed by atoms with Crippen molar-refractivity contribution in [3.63, 3.8) is 0 Å². The van der Waals surface area contributed by atoms with Crippen LogP contribution in [0.15, 0.2) is 70.9 Å². The number of nitrogens with one attached hydrogen (secondary N) is 1. The molecule has 8 heteroatoms. The Labute approximate surface area is 191 Å². The molecule has 0 aliphatic carbocycles. The van der Waals surface area contributed by atoms with Crippen LogP contribution in [0.5, 0.6) is 0 Å². The average molecular weight is 473 g/mol. The second-order valence-electron chi connectivity index (χ2n) is 8.00. The fourth-order valence-corrected chi connectivity index (χ4v) is 6.18. The van der Waals surface area contributed by atoms with E-state index in [1.807, 2.05) is 24.4 Å². The van der Waals surface area contributed by atoms with Gasteiger partial charge < -0.3 is 5.32 Å². The first kappa shape index (κ1) is 22.6. The van der Waals surface area contributed by atoms with Crippen molar-refractivity contribution in [2.24, 2.45) is 5.92 Å². The van der Waals surface area contributed by atoms with Gasteiger partial charge in [-0.2, -0.15) is 4.31 Å². The molecule has 0 saturated carbocycles. The van der Waals surface area contributed by atoms with Gasteiger partial charge in [-0.3, -0.25) is 4.79 Å². The molecule has 4 rings (SSSR count). The summed E-state index contributed by atoms with van der Waals surface area (Å²) in [4.78, 5) is 14.3. The number of benzene rings is 2. The maximum absolute atomic E-state index is 13.4. The van der Waals surface area contributed by atoms with Gasteiger partial charge in [-0.15, -0.1) is 11.3 Å². The summed E-state index contributed by atoms with van der Waals surface area (Å²) >= 11 is 1.53. The van der Waals surface area contributed by atoms with Crippen LogP contribution >= 0.6 is 11.3 Å². The smallest absolute Gasteiger partial charge is 0.243 e. The summed E-state index contributed by atoms with van der Waals surface area (Å²) in [5.74, 6) is -0.713. The van der Waals surface area contributed by atoms with Crippen LogP contribution in [0.2, 0.25) is 0 Å². The van der Waals surface area contributed by atoms with Gasteiger partial charge in [-0.25, -0.2) is 12.8 Å². The van der Waals surface area contributed by atoms with E-state index in [2.05, 4.69) is 5.32 Å². The first-order valence-corrected chi connectivity index (χ1v) is 12.8. The summed E-state index contributed by atoms with van der Waals surface area (Å²) < 4.78 is 40.7. The quantitative estimate of drug-likeness (QED) is 0.574. The minimum absolute atomic E-state index is 0.111. The van der Waals surface area contributed by atoms with E-state index in [0.717, 1.165) is 16.0 Å². The molecule has 1 saturated heterocycles. The van der Waals surface area contributed by atoms with E-state index in [4.69, 9.17) is 0 Å². The number of halogens is 1. The molecular formula is C24H25FN2O3S2. The predicted molar refractivity (Wildman–Crippen MR) is 123 cm³/mol. The summed E-state index contributed by atoms with van der Waals surface area (Å²) in [6, 6.07) is 16.4. The first-order chi connectivity index (χ1) is 15.3. The molecule has 0 bridgehead atoms. The fraction of sp³-hybridized carbons (Fsp3) is 0.292. The lowest BCUT2D eigenvalue weighted by atomic mass is 9.96. The van der Waals surface area contributed by atoms with Crippen molar-refractivity contribution < 1.29 is 17.6 Å². The molecule has 1 N–H and O–H groups in total. The van der Waals surface area contributed by atoms with Crippen molar-refractivity contribution in [2.45, 2.75) is 30.7 Å². The molecule has 32 heavy (non-hydrogen) atoms. The molecule has 168 valence electrons. The van der Waals surface area contributed by atoms with E-state index in [1.165, 1.54) is 27.8 Å². The monoisotopic (exact) mass is 472 g/mol. The molecule has 2 heterocycles. The van der Waals surface area contributed by atoms with Crippen LogP contribution < -0.4 is 5.32 Å². The largest absolute Gasteiger partial charge is 0.344 e. The van der Waals surface area contributed by atoms with Crippen LogP contribution in [0.4, 0.5) is 4.39 Å². The highest BCUT2D eigenvalue weighted by atomic mass is 32.2. The number of sulfonamides is 1. The van der Waals surface area contributed by atoms with Crippen molar-refractivity contribution in [2.75, 3.05) is 13.1 Å². The minimum atomic E-state index is -3.57. The molecule has 3 aromatic rings. The van der Waals surface area contributed by atoms with Crippen molar-refractivity contribution in [1.29, 1.82) is 0 Å². The van der Waals surface area contributed by atoms with Gasteiger partial charge in [0.25, 0.3) is 0 Å². The number of rotatable bonds is 6. The summed E-state index contributed by atoms with van der Waals surface area (Å²) in [6.07, 6.45) is 0.912. The normalized spacial score (nSPS) is 16.6. The van der Waals surface area contributed by atoms with Crippen molar-refractivity contribution in [3.05, 3.63) is 87.9 Å². The molecule has 2 aromatic carbocycles. The zero-order chi connectivity index (χ0) is 22.7. The Bertz CT molecular complexity index is 1150. The highest BCUT2D eigenvalue weighted by Gasteiger charge is 2.33. The van der Waals surface area contributed by atoms with Gasteiger partial charge in [0.2, 0.25) is 15.9 Å². The lowest BCUT2D eigenvalue weighted by Gasteiger charge is -2.31. The van der Waals surface area contributed by atoms with E-state index in [0.29, 0.717) is 25.9 Å². The van der Waals surface area contributed by atoms with Crippen LogP contribution in [0, 0.1) is 18.7 Å². The number of nitrogens with zero attached hydrogens (tertiary/aromatic N) is 1. The fourth-order valence-electron chi connectivity index (χ4n) is 3.91. The Hall–Kier alpha value is -2.55. The Kier molecular flexibility index (Phi) is 6.74. The van der Waals surface area contributed by atoms with Crippen LogP contribution in [-0.4, -0.2) is 31.7 Å². The molecule has 1 fully saturated rings. The topological polar surface area (TPSA) is 66.5 Å². The summed E-state index contributed by atoms with van der Waals surface area (Å²) in [5, 5.41) is 5.03. The molecule has 1 aliphatic heterocycles. The number of carbonyl (C=O) groups excluding carboxylic acids is 1. The van der Waals surface area contributed by atoms with E-state index < -0.39 is 10.0 Å². The third kappa shape index (κ3) is 4.92. The van der Waals surface area contributed by atoms with Gasteiger partial charge in [0, 0.05) is 23.9 Å². The predicted octanol–water partition coefficient (Wildman–Crippen LogP) is 4.50. The second-order valence-corrected chi connectivity index (χ2v) is 10.9. The van der Waals surface area contributed by atoms with E-state index in [9.17, 15) is 17.6 Å². The number of amides is 1. The Morgan fingerprint density at radius 2 is 1.72 bits per heavy atom.